The van der Waals surface area contributed by atoms with Crippen LogP contribution < -0.4 is 14.3 Å². The van der Waals surface area contributed by atoms with Crippen molar-refractivity contribution < 1.29 is 16.3 Å². The molecule has 1 unspecified atom stereocenters. The predicted molar refractivity (Wildman–Crippen MR) is 288 cm³/mol. The molecule has 0 bridgehead atoms. The normalized spacial score (nSPS) is 15.8. The first-order chi connectivity index (χ1) is 34.1. The zero-order valence-electron chi connectivity index (χ0n) is 42.6. The maximum absolute atomic E-state index is 9.79. The third kappa shape index (κ3) is 6.05. The van der Waals surface area contributed by atoms with Gasteiger partial charge in [-0.15, -0.1) is 9.13 Å². The lowest BCUT2D eigenvalue weighted by molar-refractivity contribution is -0.944. The number of para-hydroxylation sites is 3. The van der Waals surface area contributed by atoms with E-state index in [4.69, 9.17) is 4.42 Å². The van der Waals surface area contributed by atoms with Crippen molar-refractivity contribution in [2.45, 2.75) is 71.7 Å². The smallest absolute Gasteiger partial charge is 0.364 e. The van der Waals surface area contributed by atoms with Crippen LogP contribution in [0.5, 0.6) is 0 Å². The molecule has 0 aliphatic carbocycles. The number of hydrogen-bond donors (Lipinski definition) is 0. The van der Waals surface area contributed by atoms with E-state index in [1.165, 1.54) is 21.9 Å². The van der Waals surface area contributed by atoms with E-state index in [1.807, 2.05) is 13.8 Å². The van der Waals surface area contributed by atoms with Crippen molar-refractivity contribution in [3.05, 3.63) is 204 Å². The number of hydrogen-bond acceptors (Lipinski definition) is 1. The average Bonchev–Trinajstić information content (AvgIpc) is 4.07. The Morgan fingerprint density at radius 3 is 2.16 bits per heavy atom. The molecule has 2 aliphatic heterocycles. The van der Waals surface area contributed by atoms with Gasteiger partial charge in [0.15, 0.2) is 17.2 Å². The van der Waals surface area contributed by atoms with Gasteiger partial charge in [0.25, 0.3) is 0 Å². The van der Waals surface area contributed by atoms with Crippen molar-refractivity contribution in [2.75, 3.05) is 0 Å². The van der Waals surface area contributed by atoms with E-state index in [-0.39, 0.29) is 11.3 Å². The largest absolute Gasteiger partial charge is 0.456 e. The number of benzene rings is 8. The van der Waals surface area contributed by atoms with Gasteiger partial charge in [-0.25, -0.2) is 0 Å². The fourth-order valence-electron chi connectivity index (χ4n) is 11.9. The van der Waals surface area contributed by atoms with Gasteiger partial charge in [-0.1, -0.05) is 170 Å². The van der Waals surface area contributed by atoms with E-state index in [1.54, 1.807) is 0 Å². The SMILES string of the molecule is [2H]C([2H])(c1cc2[n+](cc1[Si](C)(C)C)C1(c3ccc(-c4ccccc4)cc3-2)c2cc3oc4cc(-c5cccc6ccccc56)ccc4c3cc2-c2n(-c3ccccc3C(C)(C)C)c3ccccc3[n+]21)C(C)C. The van der Waals surface area contributed by atoms with Crippen LogP contribution in [-0.2, 0) is 17.5 Å². The molecule has 0 amide bonds. The number of rotatable bonds is 6. The van der Waals surface area contributed by atoms with Crippen LogP contribution in [0.2, 0.25) is 19.6 Å². The Kier molecular flexibility index (Phi) is 8.52. The molecule has 11 aromatic rings. The monoisotopic (exact) mass is 913 g/mol. The molecular formula is C64H57N3OSi+2. The molecule has 2 aliphatic rings. The van der Waals surface area contributed by atoms with Gasteiger partial charge in [0.1, 0.15) is 16.9 Å². The Balaban J connectivity index is 1.20. The van der Waals surface area contributed by atoms with Gasteiger partial charge < -0.3 is 4.42 Å². The van der Waals surface area contributed by atoms with E-state index in [0.717, 1.165) is 99.9 Å². The standard InChI is InChI=1S/C64H57N3OSi/c1-40(2)33-45-35-58-50-34-43(41-19-10-9-11-20-41)30-32-52(50)64(65(58)39-61(45)69(6,7)8)54-38-60-49(48-31-29-44(36-59(48)68-60)47-24-18-22-42-21-12-13-23-46(42)47)37-51(54)62-66(56-27-16-17-28-57(56)67(62)64)55-26-15-14-25-53(55)63(3,4)5/h9-32,34-40H,33H2,1-8H3/q+2/i33D2. The van der Waals surface area contributed by atoms with Crippen molar-refractivity contribution in [1.82, 2.24) is 4.57 Å². The molecule has 4 nitrogen and oxygen atoms in total. The van der Waals surface area contributed by atoms with Crippen LogP contribution in [-0.4, -0.2) is 12.6 Å². The summed E-state index contributed by atoms with van der Waals surface area (Å²) in [4.78, 5) is 0. The van der Waals surface area contributed by atoms with E-state index < -0.39 is 20.1 Å². The van der Waals surface area contributed by atoms with Crippen LogP contribution in [0.25, 0.3) is 94.3 Å². The predicted octanol–water partition coefficient (Wildman–Crippen LogP) is 14.9. The molecule has 69 heavy (non-hydrogen) atoms. The minimum absolute atomic E-state index is 0.154. The molecule has 0 saturated heterocycles. The average molecular weight is 914 g/mol. The third-order valence-corrected chi connectivity index (χ3v) is 16.9. The molecule has 13 rings (SSSR count). The summed E-state index contributed by atoms with van der Waals surface area (Å²) in [5, 5.41) is 5.69. The first-order valence-corrected chi connectivity index (χ1v) is 28.0. The molecule has 0 N–H and O–H groups in total. The fraction of sp³-hybridized carbons (Fsp3) is 0.188. The lowest BCUT2D eigenvalue weighted by atomic mass is 9.85. The van der Waals surface area contributed by atoms with Crippen LogP contribution in [0.1, 0.15) is 59.6 Å². The molecule has 8 aromatic carbocycles. The summed E-state index contributed by atoms with van der Waals surface area (Å²) in [6, 6.07) is 64.3. The number of pyridine rings is 1. The third-order valence-electron chi connectivity index (χ3n) is 14.9. The van der Waals surface area contributed by atoms with E-state index >= 15 is 0 Å². The molecule has 336 valence electrons. The Hall–Kier alpha value is -7.34. The molecule has 0 fully saturated rings. The second-order valence-electron chi connectivity index (χ2n) is 21.7. The van der Waals surface area contributed by atoms with Crippen molar-refractivity contribution in [2.24, 2.45) is 5.92 Å². The van der Waals surface area contributed by atoms with Crippen LogP contribution in [0.15, 0.2) is 187 Å². The topological polar surface area (TPSA) is 25.8 Å². The van der Waals surface area contributed by atoms with Gasteiger partial charge in [0, 0.05) is 30.3 Å². The van der Waals surface area contributed by atoms with Gasteiger partial charge in [0.05, 0.1) is 30.3 Å². The van der Waals surface area contributed by atoms with Crippen molar-refractivity contribution in [1.29, 1.82) is 0 Å². The van der Waals surface area contributed by atoms with Gasteiger partial charge in [0.2, 0.25) is 5.69 Å². The Morgan fingerprint density at radius 2 is 1.35 bits per heavy atom. The highest BCUT2D eigenvalue weighted by molar-refractivity contribution is 6.89. The number of aromatic nitrogens is 3. The quantitative estimate of drug-likeness (QED) is 0.121. The fourth-order valence-corrected chi connectivity index (χ4v) is 13.4. The molecule has 0 saturated carbocycles. The van der Waals surface area contributed by atoms with Crippen molar-refractivity contribution in [3.63, 3.8) is 0 Å². The summed E-state index contributed by atoms with van der Waals surface area (Å²) >= 11 is 0. The van der Waals surface area contributed by atoms with E-state index in [2.05, 4.69) is 236 Å². The number of imidazole rings is 1. The molecule has 1 atom stereocenters. The maximum Gasteiger partial charge on any atom is 0.364 e. The molecule has 3 aromatic heterocycles. The Bertz CT molecular complexity index is 4030. The highest BCUT2D eigenvalue weighted by Gasteiger charge is 2.67. The van der Waals surface area contributed by atoms with Crippen molar-refractivity contribution >= 4 is 57.0 Å². The first kappa shape index (κ1) is 39.6. The summed E-state index contributed by atoms with van der Waals surface area (Å²) < 4.78 is 34.4. The summed E-state index contributed by atoms with van der Waals surface area (Å²) in [6.07, 6.45) is 0.807. The number of nitrogens with zero attached hydrogens (tertiary/aromatic N) is 3. The Labute approximate surface area is 408 Å². The molecular weight excluding hydrogens is 855 g/mol. The second kappa shape index (κ2) is 14.8. The van der Waals surface area contributed by atoms with Gasteiger partial charge in [-0.3, -0.25) is 0 Å². The lowest BCUT2D eigenvalue weighted by Crippen LogP contribution is -2.72. The van der Waals surface area contributed by atoms with Crippen LogP contribution in [0.3, 0.4) is 0 Å². The zero-order valence-corrected chi connectivity index (χ0v) is 41.6. The maximum atomic E-state index is 9.79. The summed E-state index contributed by atoms with van der Waals surface area (Å²) in [5.41, 5.74) is 16.1. The molecule has 1 spiro atoms. The highest BCUT2D eigenvalue weighted by atomic mass is 28.3. The molecule has 5 heterocycles. The summed E-state index contributed by atoms with van der Waals surface area (Å²) in [7, 11) is -2.23. The van der Waals surface area contributed by atoms with E-state index in [9.17, 15) is 2.74 Å². The van der Waals surface area contributed by atoms with Crippen LogP contribution >= 0.6 is 0 Å². The van der Waals surface area contributed by atoms with Gasteiger partial charge in [-0.2, -0.15) is 4.57 Å². The molecule has 5 heteroatoms. The minimum atomic E-state index is -2.23. The first-order valence-electron chi connectivity index (χ1n) is 25.5. The lowest BCUT2D eigenvalue weighted by Gasteiger charge is -2.24. The Morgan fingerprint density at radius 1 is 0.623 bits per heavy atom. The van der Waals surface area contributed by atoms with Crippen molar-refractivity contribution in [3.8, 4) is 50.6 Å². The molecule has 0 radical (unpaired) electrons. The summed E-state index contributed by atoms with van der Waals surface area (Å²) in [6.45, 7) is 18.0. The highest BCUT2D eigenvalue weighted by Crippen LogP contribution is 2.52. The van der Waals surface area contributed by atoms with Crippen LogP contribution in [0.4, 0.5) is 0 Å². The van der Waals surface area contributed by atoms with Crippen LogP contribution in [0, 0.1) is 5.92 Å². The van der Waals surface area contributed by atoms with Gasteiger partial charge >= 0.3 is 11.5 Å². The zero-order chi connectivity index (χ0) is 48.9. The number of fused-ring (bicyclic) bond motifs is 16. The minimum Gasteiger partial charge on any atom is -0.456 e. The van der Waals surface area contributed by atoms with Gasteiger partial charge in [-0.05, 0) is 111 Å². The van der Waals surface area contributed by atoms with E-state index in [0.29, 0.717) is 0 Å². The summed E-state index contributed by atoms with van der Waals surface area (Å²) in [5.74, 6) is 0.860. The number of furan rings is 1. The second-order valence-corrected chi connectivity index (χ2v) is 26.7.